The van der Waals surface area contributed by atoms with Crippen molar-refractivity contribution in [3.05, 3.63) is 40.7 Å². The highest BCUT2D eigenvalue weighted by Crippen LogP contribution is 2.39. The van der Waals surface area contributed by atoms with E-state index in [0.717, 1.165) is 16.0 Å². The first kappa shape index (κ1) is 17.1. The predicted molar refractivity (Wildman–Crippen MR) is 96.2 cm³/mol. The van der Waals surface area contributed by atoms with Crippen LogP contribution < -0.4 is 11.1 Å². The van der Waals surface area contributed by atoms with E-state index in [2.05, 4.69) is 5.32 Å². The van der Waals surface area contributed by atoms with Gasteiger partial charge in [0.05, 0.1) is 31.4 Å². The summed E-state index contributed by atoms with van der Waals surface area (Å²) in [5.74, 6) is -0.270. The SMILES string of the molecule is CCOC(=O)N1CCc2c(sc(NC(=O)/C=C/c3ccoc3)c2N)C1. The van der Waals surface area contributed by atoms with Gasteiger partial charge in [-0.05, 0) is 31.1 Å². The molecular formula is C17H19N3O4S. The lowest BCUT2D eigenvalue weighted by atomic mass is 10.1. The molecule has 0 bridgehead atoms. The van der Waals surface area contributed by atoms with E-state index >= 15 is 0 Å². The Hall–Kier alpha value is -2.74. The lowest BCUT2D eigenvalue weighted by Gasteiger charge is -2.26. The summed E-state index contributed by atoms with van der Waals surface area (Å²) in [4.78, 5) is 26.6. The summed E-state index contributed by atoms with van der Waals surface area (Å²) < 4.78 is 9.98. The van der Waals surface area contributed by atoms with Crippen LogP contribution in [-0.2, 0) is 22.5 Å². The Labute approximate surface area is 149 Å². The van der Waals surface area contributed by atoms with Crippen molar-refractivity contribution < 1.29 is 18.7 Å². The van der Waals surface area contributed by atoms with Crippen LogP contribution in [0, 0.1) is 0 Å². The first-order valence-corrected chi connectivity index (χ1v) is 8.73. The van der Waals surface area contributed by atoms with Crippen LogP contribution in [0.25, 0.3) is 6.08 Å². The maximum Gasteiger partial charge on any atom is 0.410 e. The monoisotopic (exact) mass is 361 g/mol. The molecular weight excluding hydrogens is 342 g/mol. The number of amides is 2. The van der Waals surface area contributed by atoms with E-state index in [1.807, 2.05) is 0 Å². The second-order valence-electron chi connectivity index (χ2n) is 5.50. The number of nitrogen functional groups attached to an aromatic ring is 1. The van der Waals surface area contributed by atoms with Gasteiger partial charge in [-0.15, -0.1) is 11.3 Å². The minimum atomic E-state index is -0.325. The van der Waals surface area contributed by atoms with Crippen LogP contribution >= 0.6 is 11.3 Å². The summed E-state index contributed by atoms with van der Waals surface area (Å²) in [6.45, 7) is 3.13. The Morgan fingerprint density at radius 2 is 2.36 bits per heavy atom. The van der Waals surface area contributed by atoms with Crippen LogP contribution in [0.1, 0.15) is 22.9 Å². The van der Waals surface area contributed by atoms with Crippen molar-refractivity contribution in [2.75, 3.05) is 24.2 Å². The van der Waals surface area contributed by atoms with E-state index in [-0.39, 0.29) is 12.0 Å². The van der Waals surface area contributed by atoms with Gasteiger partial charge in [-0.3, -0.25) is 4.79 Å². The van der Waals surface area contributed by atoms with Crippen molar-refractivity contribution in [2.24, 2.45) is 0 Å². The van der Waals surface area contributed by atoms with Gasteiger partial charge < -0.3 is 25.1 Å². The van der Waals surface area contributed by atoms with Crippen molar-refractivity contribution in [1.29, 1.82) is 0 Å². The summed E-state index contributed by atoms with van der Waals surface area (Å²) in [5.41, 5.74) is 8.55. The number of hydrogen-bond donors (Lipinski definition) is 2. The molecule has 0 radical (unpaired) electrons. The number of rotatable bonds is 4. The number of hydrogen-bond acceptors (Lipinski definition) is 6. The number of nitrogens with two attached hydrogens (primary N) is 1. The number of fused-ring (bicyclic) bond motifs is 1. The van der Waals surface area contributed by atoms with Gasteiger partial charge in [0.2, 0.25) is 5.91 Å². The van der Waals surface area contributed by atoms with Crippen LogP contribution in [-0.4, -0.2) is 30.1 Å². The smallest absolute Gasteiger partial charge is 0.410 e. The third-order valence-corrected chi connectivity index (χ3v) is 4.98. The van der Waals surface area contributed by atoms with E-state index in [0.29, 0.717) is 36.8 Å². The Bertz CT molecular complexity index is 795. The Morgan fingerprint density at radius 3 is 3.08 bits per heavy atom. The lowest BCUT2D eigenvalue weighted by Crippen LogP contribution is -2.35. The molecule has 0 fully saturated rings. The number of nitrogens with zero attached hydrogens (tertiary/aromatic N) is 1. The Balaban J connectivity index is 1.68. The van der Waals surface area contributed by atoms with Crippen LogP contribution in [0.15, 0.2) is 29.1 Å². The number of nitrogens with one attached hydrogen (secondary N) is 1. The normalized spacial score (nSPS) is 13.7. The van der Waals surface area contributed by atoms with Gasteiger partial charge in [0.1, 0.15) is 5.00 Å². The molecule has 25 heavy (non-hydrogen) atoms. The molecule has 2 aromatic rings. The molecule has 0 saturated carbocycles. The molecule has 1 aliphatic rings. The Morgan fingerprint density at radius 1 is 1.52 bits per heavy atom. The maximum absolute atomic E-state index is 12.1. The molecule has 3 rings (SSSR count). The molecule has 3 N–H and O–H groups in total. The molecule has 2 aromatic heterocycles. The molecule has 0 aliphatic carbocycles. The number of carbonyl (C=O) groups excluding carboxylic acids is 2. The average Bonchev–Trinajstić information content (AvgIpc) is 3.22. The molecule has 8 heteroatoms. The summed E-state index contributed by atoms with van der Waals surface area (Å²) in [7, 11) is 0. The standard InChI is InChI=1S/C17H19N3O4S/c1-2-24-17(22)20-7-5-12-13(9-20)25-16(15(12)18)19-14(21)4-3-11-6-8-23-10-11/h3-4,6,8,10H,2,5,7,9,18H2,1H3,(H,19,21)/b4-3+. The van der Waals surface area contributed by atoms with E-state index in [1.54, 1.807) is 30.2 Å². The molecule has 0 saturated heterocycles. The highest BCUT2D eigenvalue weighted by Gasteiger charge is 2.26. The molecule has 0 aromatic carbocycles. The number of anilines is 2. The molecule has 132 valence electrons. The zero-order valence-electron chi connectivity index (χ0n) is 13.8. The summed E-state index contributed by atoms with van der Waals surface area (Å²) in [6, 6.07) is 1.76. The fourth-order valence-corrected chi connectivity index (χ4v) is 3.77. The summed E-state index contributed by atoms with van der Waals surface area (Å²) in [6.07, 6.45) is 6.49. The minimum absolute atomic E-state index is 0.270. The zero-order valence-corrected chi connectivity index (χ0v) is 14.6. The van der Waals surface area contributed by atoms with E-state index < -0.39 is 0 Å². The quantitative estimate of drug-likeness (QED) is 0.816. The largest absolute Gasteiger partial charge is 0.472 e. The van der Waals surface area contributed by atoms with Crippen molar-refractivity contribution in [3.8, 4) is 0 Å². The zero-order chi connectivity index (χ0) is 17.8. The first-order chi connectivity index (χ1) is 12.1. The van der Waals surface area contributed by atoms with Crippen molar-refractivity contribution >= 4 is 40.1 Å². The highest BCUT2D eigenvalue weighted by molar-refractivity contribution is 7.17. The predicted octanol–water partition coefficient (Wildman–Crippen LogP) is 3.09. The topological polar surface area (TPSA) is 97.8 Å². The van der Waals surface area contributed by atoms with Gasteiger partial charge in [-0.2, -0.15) is 0 Å². The van der Waals surface area contributed by atoms with E-state index in [1.165, 1.54) is 23.7 Å². The van der Waals surface area contributed by atoms with Gasteiger partial charge in [-0.25, -0.2) is 4.79 Å². The van der Waals surface area contributed by atoms with Gasteiger partial charge >= 0.3 is 6.09 Å². The number of thiophene rings is 1. The molecule has 2 amide bonds. The summed E-state index contributed by atoms with van der Waals surface area (Å²) in [5, 5.41) is 3.41. The van der Waals surface area contributed by atoms with Crippen LogP contribution in [0.5, 0.6) is 0 Å². The third-order valence-electron chi connectivity index (χ3n) is 3.83. The van der Waals surface area contributed by atoms with Gasteiger partial charge in [0.25, 0.3) is 0 Å². The molecule has 0 atom stereocenters. The maximum atomic E-state index is 12.1. The van der Waals surface area contributed by atoms with Crippen molar-refractivity contribution in [3.63, 3.8) is 0 Å². The second-order valence-corrected chi connectivity index (χ2v) is 6.60. The first-order valence-electron chi connectivity index (χ1n) is 7.91. The second kappa shape index (κ2) is 7.43. The molecule has 3 heterocycles. The number of carbonyl (C=O) groups is 2. The third kappa shape index (κ3) is 3.85. The summed E-state index contributed by atoms with van der Waals surface area (Å²) >= 11 is 1.39. The average molecular weight is 361 g/mol. The minimum Gasteiger partial charge on any atom is -0.472 e. The van der Waals surface area contributed by atoms with Crippen molar-refractivity contribution in [1.82, 2.24) is 4.90 Å². The lowest BCUT2D eigenvalue weighted by molar-refractivity contribution is -0.111. The fourth-order valence-electron chi connectivity index (χ4n) is 2.59. The fraction of sp³-hybridized carbons (Fsp3) is 0.294. The van der Waals surface area contributed by atoms with E-state index in [4.69, 9.17) is 14.9 Å². The van der Waals surface area contributed by atoms with Crippen LogP contribution in [0.3, 0.4) is 0 Å². The number of ether oxygens (including phenoxy) is 1. The van der Waals surface area contributed by atoms with Crippen LogP contribution in [0.4, 0.5) is 15.5 Å². The highest BCUT2D eigenvalue weighted by atomic mass is 32.1. The molecule has 0 spiro atoms. The van der Waals surface area contributed by atoms with Crippen molar-refractivity contribution in [2.45, 2.75) is 19.9 Å². The van der Waals surface area contributed by atoms with Crippen LogP contribution in [0.2, 0.25) is 0 Å². The van der Waals surface area contributed by atoms with Gasteiger partial charge in [-0.1, -0.05) is 0 Å². The molecule has 0 unspecified atom stereocenters. The Kier molecular flexibility index (Phi) is 5.08. The van der Waals surface area contributed by atoms with Gasteiger partial charge in [0, 0.05) is 23.1 Å². The molecule has 1 aliphatic heterocycles. The number of furan rings is 1. The van der Waals surface area contributed by atoms with E-state index in [9.17, 15) is 9.59 Å². The van der Waals surface area contributed by atoms with Gasteiger partial charge in [0.15, 0.2) is 0 Å². The molecule has 7 nitrogen and oxygen atoms in total.